The van der Waals surface area contributed by atoms with Gasteiger partial charge >= 0.3 is 0 Å². The van der Waals surface area contributed by atoms with Crippen LogP contribution in [0.15, 0.2) is 28.9 Å². The lowest BCUT2D eigenvalue weighted by Crippen LogP contribution is -2.49. The van der Waals surface area contributed by atoms with Crippen molar-refractivity contribution in [3.8, 4) is 0 Å². The van der Waals surface area contributed by atoms with Gasteiger partial charge in [0.05, 0.1) is 11.6 Å². The summed E-state index contributed by atoms with van der Waals surface area (Å²) in [6.45, 7) is 6.93. The fraction of sp³-hybridized carbons (Fsp3) is 0.389. The summed E-state index contributed by atoms with van der Waals surface area (Å²) in [5, 5.41) is 1.12. The third-order valence-electron chi connectivity index (χ3n) is 4.48. The van der Waals surface area contributed by atoms with E-state index in [1.165, 1.54) is 11.1 Å². The van der Waals surface area contributed by atoms with E-state index in [2.05, 4.69) is 22.9 Å². The number of thiophene rings is 1. The highest BCUT2D eigenvalue weighted by Crippen LogP contribution is 2.31. The summed E-state index contributed by atoms with van der Waals surface area (Å²) >= 11 is 1.74. The Labute approximate surface area is 150 Å². The van der Waals surface area contributed by atoms with Gasteiger partial charge in [-0.25, -0.2) is 9.97 Å². The van der Waals surface area contributed by atoms with E-state index in [-0.39, 0.29) is 5.91 Å². The van der Waals surface area contributed by atoms with Crippen LogP contribution in [0.5, 0.6) is 0 Å². The number of hydrogen-bond acceptors (Lipinski definition) is 6. The van der Waals surface area contributed by atoms with E-state index in [0.29, 0.717) is 18.8 Å². The third-order valence-corrected chi connectivity index (χ3v) is 5.66. The Kier molecular flexibility index (Phi) is 4.17. The molecule has 1 aliphatic heterocycles. The Bertz CT molecular complexity index is 895. The van der Waals surface area contributed by atoms with Gasteiger partial charge in [0.15, 0.2) is 5.76 Å². The summed E-state index contributed by atoms with van der Waals surface area (Å²) < 4.78 is 5.22. The summed E-state index contributed by atoms with van der Waals surface area (Å²) in [6.07, 6.45) is 2.54. The molecule has 1 saturated heterocycles. The molecule has 0 aromatic carbocycles. The van der Waals surface area contributed by atoms with E-state index < -0.39 is 0 Å². The molecule has 25 heavy (non-hydrogen) atoms. The van der Waals surface area contributed by atoms with Crippen molar-refractivity contribution in [2.45, 2.75) is 20.3 Å². The number of amides is 1. The molecule has 0 N–H and O–H groups in total. The zero-order valence-corrected chi connectivity index (χ0v) is 15.2. The molecule has 0 saturated carbocycles. The molecule has 0 radical (unpaired) electrons. The normalized spacial score (nSPS) is 15.1. The molecule has 4 rings (SSSR count). The Morgan fingerprint density at radius 2 is 2.08 bits per heavy atom. The lowest BCUT2D eigenvalue weighted by molar-refractivity contribution is 0.0714. The van der Waals surface area contributed by atoms with Crippen LogP contribution in [0, 0.1) is 6.92 Å². The first-order chi connectivity index (χ1) is 12.2. The van der Waals surface area contributed by atoms with E-state index in [1.54, 1.807) is 23.5 Å². The maximum absolute atomic E-state index is 12.4. The Hall–Kier alpha value is -2.41. The molecule has 1 aliphatic rings. The van der Waals surface area contributed by atoms with Crippen LogP contribution in [0.1, 0.15) is 28.2 Å². The van der Waals surface area contributed by atoms with Gasteiger partial charge in [-0.3, -0.25) is 4.79 Å². The van der Waals surface area contributed by atoms with Gasteiger partial charge in [0.1, 0.15) is 16.5 Å². The number of carbonyl (C=O) groups is 1. The van der Waals surface area contributed by atoms with E-state index in [1.807, 2.05) is 11.8 Å². The fourth-order valence-corrected chi connectivity index (χ4v) is 4.16. The van der Waals surface area contributed by atoms with Crippen molar-refractivity contribution in [2.24, 2.45) is 0 Å². The van der Waals surface area contributed by atoms with E-state index in [9.17, 15) is 4.79 Å². The highest BCUT2D eigenvalue weighted by Gasteiger charge is 2.25. The Morgan fingerprint density at radius 3 is 2.76 bits per heavy atom. The number of carbonyl (C=O) groups excluding carboxylic acids is 1. The van der Waals surface area contributed by atoms with Crippen LogP contribution in [-0.4, -0.2) is 47.0 Å². The van der Waals surface area contributed by atoms with Gasteiger partial charge in [-0.2, -0.15) is 0 Å². The standard InChI is InChI=1S/C18H20N4O2S/c1-3-13-11-14-16(19-12(2)20-17(14)25-13)21-6-8-22(9-7-21)18(23)15-5-4-10-24-15/h4-5,10-11H,3,6-9H2,1-2H3. The lowest BCUT2D eigenvalue weighted by atomic mass is 10.2. The average Bonchev–Trinajstić information content (AvgIpc) is 3.30. The van der Waals surface area contributed by atoms with Gasteiger partial charge in [-0.15, -0.1) is 11.3 Å². The van der Waals surface area contributed by atoms with Gasteiger partial charge in [0, 0.05) is 31.1 Å². The predicted octanol–water partition coefficient (Wildman–Crippen LogP) is 3.12. The van der Waals surface area contributed by atoms with Crippen LogP contribution in [0.2, 0.25) is 0 Å². The van der Waals surface area contributed by atoms with Gasteiger partial charge in [-0.05, 0) is 31.5 Å². The highest BCUT2D eigenvalue weighted by molar-refractivity contribution is 7.18. The van der Waals surface area contributed by atoms with Gasteiger partial charge in [0.2, 0.25) is 0 Å². The molecule has 4 heterocycles. The van der Waals surface area contributed by atoms with Crippen LogP contribution in [0.3, 0.4) is 0 Å². The van der Waals surface area contributed by atoms with Crippen molar-refractivity contribution in [2.75, 3.05) is 31.1 Å². The number of rotatable bonds is 3. The van der Waals surface area contributed by atoms with E-state index in [0.717, 1.165) is 41.4 Å². The van der Waals surface area contributed by atoms with Crippen LogP contribution >= 0.6 is 11.3 Å². The molecule has 0 bridgehead atoms. The first kappa shape index (κ1) is 16.1. The number of aromatic nitrogens is 2. The molecule has 6 nitrogen and oxygen atoms in total. The largest absolute Gasteiger partial charge is 0.459 e. The SMILES string of the molecule is CCc1cc2c(N3CCN(C(=O)c4ccco4)CC3)nc(C)nc2s1. The van der Waals surface area contributed by atoms with Gasteiger partial charge < -0.3 is 14.2 Å². The third kappa shape index (κ3) is 3.00. The number of hydrogen-bond donors (Lipinski definition) is 0. The monoisotopic (exact) mass is 356 g/mol. The van der Waals surface area contributed by atoms with Crippen molar-refractivity contribution in [1.29, 1.82) is 0 Å². The molecule has 1 fully saturated rings. The van der Waals surface area contributed by atoms with Crippen molar-refractivity contribution in [1.82, 2.24) is 14.9 Å². The first-order valence-corrected chi connectivity index (χ1v) is 9.32. The number of anilines is 1. The molecule has 0 unspecified atom stereocenters. The topological polar surface area (TPSA) is 62.5 Å². The zero-order chi connectivity index (χ0) is 17.4. The molecular weight excluding hydrogens is 336 g/mol. The van der Waals surface area contributed by atoms with Crippen LogP contribution in [-0.2, 0) is 6.42 Å². The van der Waals surface area contributed by atoms with Gasteiger partial charge in [-0.1, -0.05) is 6.92 Å². The molecule has 3 aromatic rings. The number of piperazine rings is 1. The number of nitrogens with zero attached hydrogens (tertiary/aromatic N) is 4. The van der Waals surface area contributed by atoms with Gasteiger partial charge in [0.25, 0.3) is 5.91 Å². The molecule has 0 atom stereocenters. The summed E-state index contributed by atoms with van der Waals surface area (Å²) in [7, 11) is 0. The second kappa shape index (κ2) is 6.48. The fourth-order valence-electron chi connectivity index (χ4n) is 3.15. The Morgan fingerprint density at radius 1 is 1.28 bits per heavy atom. The average molecular weight is 356 g/mol. The molecule has 3 aromatic heterocycles. The minimum absolute atomic E-state index is 0.0440. The summed E-state index contributed by atoms with van der Waals surface area (Å²) in [6, 6.07) is 5.66. The Balaban J connectivity index is 1.55. The number of furan rings is 1. The second-order valence-corrected chi connectivity index (χ2v) is 7.25. The quantitative estimate of drug-likeness (QED) is 0.721. The van der Waals surface area contributed by atoms with Crippen LogP contribution < -0.4 is 4.90 Å². The number of fused-ring (bicyclic) bond motifs is 1. The highest BCUT2D eigenvalue weighted by atomic mass is 32.1. The van der Waals surface area contributed by atoms with Crippen LogP contribution in [0.4, 0.5) is 5.82 Å². The van der Waals surface area contributed by atoms with E-state index >= 15 is 0 Å². The van der Waals surface area contributed by atoms with Crippen LogP contribution in [0.25, 0.3) is 10.2 Å². The summed E-state index contributed by atoms with van der Waals surface area (Å²) in [4.78, 5) is 28.1. The summed E-state index contributed by atoms with van der Waals surface area (Å²) in [5.41, 5.74) is 0. The maximum Gasteiger partial charge on any atom is 0.289 e. The molecule has 0 spiro atoms. The lowest BCUT2D eigenvalue weighted by Gasteiger charge is -2.35. The molecule has 130 valence electrons. The predicted molar refractivity (Wildman–Crippen MR) is 98.4 cm³/mol. The molecule has 1 amide bonds. The first-order valence-electron chi connectivity index (χ1n) is 8.50. The molecule has 0 aliphatic carbocycles. The minimum atomic E-state index is -0.0440. The number of aryl methyl sites for hydroxylation is 2. The van der Waals surface area contributed by atoms with Crippen molar-refractivity contribution >= 4 is 33.3 Å². The minimum Gasteiger partial charge on any atom is -0.459 e. The smallest absolute Gasteiger partial charge is 0.289 e. The molecule has 7 heteroatoms. The van der Waals surface area contributed by atoms with Crippen molar-refractivity contribution in [3.05, 3.63) is 40.9 Å². The zero-order valence-electron chi connectivity index (χ0n) is 14.4. The van der Waals surface area contributed by atoms with Crippen molar-refractivity contribution < 1.29 is 9.21 Å². The maximum atomic E-state index is 12.4. The second-order valence-electron chi connectivity index (χ2n) is 6.14. The van der Waals surface area contributed by atoms with Crippen molar-refractivity contribution in [3.63, 3.8) is 0 Å². The summed E-state index contributed by atoms with van der Waals surface area (Å²) in [5.74, 6) is 2.14. The molecular formula is C18H20N4O2S. The van der Waals surface area contributed by atoms with E-state index in [4.69, 9.17) is 9.40 Å².